The quantitative estimate of drug-likeness (QED) is 0.610. The van der Waals surface area contributed by atoms with E-state index in [1.54, 1.807) is 4.90 Å². The van der Waals surface area contributed by atoms with Crippen molar-refractivity contribution in [1.82, 2.24) is 20.4 Å². The van der Waals surface area contributed by atoms with Crippen LogP contribution in [-0.2, 0) is 9.59 Å². The maximum Gasteiger partial charge on any atom is 0.322 e. The SMILES string of the molecule is CC1CN(C)CCCN1C(=O)NCC(=O)NCC(=O)O. The molecule has 1 rings (SSSR count). The Kier molecular flexibility index (Phi) is 6.23. The summed E-state index contributed by atoms with van der Waals surface area (Å²) in [4.78, 5) is 37.5. The fourth-order valence-corrected chi connectivity index (χ4v) is 2.17. The molecule has 1 fully saturated rings. The number of likely N-dealkylation sites (N-methyl/N-ethyl adjacent to an activating group) is 1. The fourth-order valence-electron chi connectivity index (χ4n) is 2.17. The fraction of sp³-hybridized carbons (Fsp3) is 0.750. The molecule has 0 saturated carbocycles. The molecule has 0 aromatic heterocycles. The number of aliphatic carboxylic acids is 1. The van der Waals surface area contributed by atoms with Crippen LogP contribution in [0.3, 0.4) is 0 Å². The van der Waals surface area contributed by atoms with Crippen LogP contribution in [0.4, 0.5) is 4.79 Å². The van der Waals surface area contributed by atoms with Crippen molar-refractivity contribution in [3.05, 3.63) is 0 Å². The third kappa shape index (κ3) is 5.43. The molecule has 0 spiro atoms. The predicted molar refractivity (Wildman–Crippen MR) is 72.3 cm³/mol. The van der Waals surface area contributed by atoms with Gasteiger partial charge in [0.2, 0.25) is 5.91 Å². The van der Waals surface area contributed by atoms with Gasteiger partial charge in [0.05, 0.1) is 6.54 Å². The molecule has 8 nitrogen and oxygen atoms in total. The number of hydrogen-bond acceptors (Lipinski definition) is 4. The Balaban J connectivity index is 2.37. The molecule has 3 N–H and O–H groups in total. The molecule has 1 unspecified atom stereocenters. The maximum absolute atomic E-state index is 12.0. The first-order valence-corrected chi connectivity index (χ1v) is 6.61. The molecular weight excluding hydrogens is 264 g/mol. The van der Waals surface area contributed by atoms with E-state index >= 15 is 0 Å². The lowest BCUT2D eigenvalue weighted by atomic mass is 10.3. The number of urea groups is 1. The van der Waals surface area contributed by atoms with Gasteiger partial charge < -0.3 is 25.5 Å². The summed E-state index contributed by atoms with van der Waals surface area (Å²) in [5, 5.41) is 13.1. The van der Waals surface area contributed by atoms with E-state index in [2.05, 4.69) is 15.5 Å². The number of carbonyl (C=O) groups is 3. The minimum absolute atomic E-state index is 0.0737. The normalized spacial score (nSPS) is 20.1. The molecule has 1 aliphatic rings. The van der Waals surface area contributed by atoms with E-state index in [1.165, 1.54) is 0 Å². The summed E-state index contributed by atoms with van der Waals surface area (Å²) in [6, 6.07) is -0.220. The van der Waals surface area contributed by atoms with Crippen molar-refractivity contribution in [2.75, 3.05) is 39.8 Å². The minimum Gasteiger partial charge on any atom is -0.480 e. The Hall–Kier alpha value is -1.83. The molecule has 8 heteroatoms. The third-order valence-corrected chi connectivity index (χ3v) is 3.14. The number of hydrogen-bond donors (Lipinski definition) is 3. The van der Waals surface area contributed by atoms with E-state index in [-0.39, 0.29) is 18.6 Å². The van der Waals surface area contributed by atoms with E-state index in [9.17, 15) is 14.4 Å². The van der Waals surface area contributed by atoms with Crippen LogP contribution in [0.25, 0.3) is 0 Å². The minimum atomic E-state index is -1.12. The summed E-state index contributed by atoms with van der Waals surface area (Å²) < 4.78 is 0. The average Bonchev–Trinajstić information content (AvgIpc) is 2.54. The van der Waals surface area contributed by atoms with E-state index in [0.29, 0.717) is 6.54 Å². The Morgan fingerprint density at radius 3 is 2.55 bits per heavy atom. The molecule has 0 radical (unpaired) electrons. The average molecular weight is 286 g/mol. The van der Waals surface area contributed by atoms with E-state index in [1.807, 2.05) is 14.0 Å². The van der Waals surface area contributed by atoms with Crippen LogP contribution in [0.15, 0.2) is 0 Å². The second-order valence-corrected chi connectivity index (χ2v) is 4.99. The highest BCUT2D eigenvalue weighted by molar-refractivity contribution is 5.86. The van der Waals surface area contributed by atoms with Crippen LogP contribution in [0.5, 0.6) is 0 Å². The number of nitrogens with zero attached hydrogens (tertiary/aromatic N) is 2. The molecule has 114 valence electrons. The van der Waals surface area contributed by atoms with E-state index in [4.69, 9.17) is 5.11 Å². The van der Waals surface area contributed by atoms with Gasteiger partial charge in [-0.3, -0.25) is 9.59 Å². The van der Waals surface area contributed by atoms with Crippen molar-refractivity contribution in [1.29, 1.82) is 0 Å². The summed E-state index contributed by atoms with van der Waals surface area (Å²) in [7, 11) is 2.01. The second-order valence-electron chi connectivity index (χ2n) is 4.99. The predicted octanol–water partition coefficient (Wildman–Crippen LogP) is -1.08. The van der Waals surface area contributed by atoms with Gasteiger partial charge in [-0.15, -0.1) is 0 Å². The number of rotatable bonds is 4. The molecule has 0 bridgehead atoms. The van der Waals surface area contributed by atoms with Gasteiger partial charge in [0.1, 0.15) is 6.54 Å². The lowest BCUT2D eigenvalue weighted by molar-refractivity contribution is -0.137. The van der Waals surface area contributed by atoms with Crippen molar-refractivity contribution in [2.24, 2.45) is 0 Å². The molecule has 3 amide bonds. The first kappa shape index (κ1) is 16.2. The Morgan fingerprint density at radius 2 is 1.90 bits per heavy atom. The van der Waals surface area contributed by atoms with Gasteiger partial charge in [0, 0.05) is 19.1 Å². The molecule has 20 heavy (non-hydrogen) atoms. The van der Waals surface area contributed by atoms with Crippen molar-refractivity contribution in [3.8, 4) is 0 Å². The standard InChI is InChI=1S/C12H22N4O4/c1-9-8-15(2)4-3-5-16(9)12(20)14-6-10(17)13-7-11(18)19/h9H,3-8H2,1-2H3,(H,13,17)(H,14,20)(H,18,19). The summed E-state index contributed by atoms with van der Waals surface area (Å²) in [5.74, 6) is -1.63. The zero-order valence-corrected chi connectivity index (χ0v) is 11.9. The van der Waals surface area contributed by atoms with Crippen LogP contribution in [0, 0.1) is 0 Å². The molecule has 0 aromatic rings. The number of carbonyl (C=O) groups excluding carboxylic acids is 2. The lowest BCUT2D eigenvalue weighted by Crippen LogP contribution is -2.49. The van der Waals surface area contributed by atoms with Crippen LogP contribution in [0.1, 0.15) is 13.3 Å². The van der Waals surface area contributed by atoms with Crippen LogP contribution in [-0.4, -0.2) is 78.6 Å². The molecular formula is C12H22N4O4. The summed E-state index contributed by atoms with van der Waals surface area (Å²) in [6.45, 7) is 3.68. The lowest BCUT2D eigenvalue weighted by Gasteiger charge is -2.28. The Bertz CT molecular complexity index is 374. The van der Waals surface area contributed by atoms with Crippen LogP contribution in [0.2, 0.25) is 0 Å². The monoisotopic (exact) mass is 286 g/mol. The molecule has 1 aliphatic heterocycles. The molecule has 1 saturated heterocycles. The Labute approximate surface area is 118 Å². The van der Waals surface area contributed by atoms with Gasteiger partial charge in [-0.1, -0.05) is 0 Å². The zero-order chi connectivity index (χ0) is 15.1. The highest BCUT2D eigenvalue weighted by Crippen LogP contribution is 2.08. The first-order chi connectivity index (χ1) is 9.40. The van der Waals surface area contributed by atoms with E-state index in [0.717, 1.165) is 19.5 Å². The molecule has 1 atom stereocenters. The zero-order valence-electron chi connectivity index (χ0n) is 11.9. The topological polar surface area (TPSA) is 102 Å². The summed E-state index contributed by atoms with van der Waals surface area (Å²) >= 11 is 0. The van der Waals surface area contributed by atoms with Crippen molar-refractivity contribution in [3.63, 3.8) is 0 Å². The molecule has 1 heterocycles. The molecule has 0 aromatic carbocycles. The number of amides is 3. The maximum atomic E-state index is 12.0. The molecule has 0 aliphatic carbocycles. The van der Waals surface area contributed by atoms with Crippen LogP contribution < -0.4 is 10.6 Å². The largest absolute Gasteiger partial charge is 0.480 e. The van der Waals surface area contributed by atoms with Crippen molar-refractivity contribution >= 4 is 17.9 Å². The van der Waals surface area contributed by atoms with Gasteiger partial charge >= 0.3 is 12.0 Å². The first-order valence-electron chi connectivity index (χ1n) is 6.61. The van der Waals surface area contributed by atoms with Crippen molar-refractivity contribution in [2.45, 2.75) is 19.4 Å². The van der Waals surface area contributed by atoms with Crippen molar-refractivity contribution < 1.29 is 19.5 Å². The van der Waals surface area contributed by atoms with Gasteiger partial charge in [-0.05, 0) is 26.9 Å². The van der Waals surface area contributed by atoms with Gasteiger partial charge in [0.15, 0.2) is 0 Å². The Morgan fingerprint density at radius 1 is 1.20 bits per heavy atom. The highest BCUT2D eigenvalue weighted by atomic mass is 16.4. The van der Waals surface area contributed by atoms with Gasteiger partial charge in [-0.25, -0.2) is 4.79 Å². The summed E-state index contributed by atoms with van der Waals surface area (Å²) in [5.41, 5.74) is 0. The number of carboxylic acids is 1. The smallest absolute Gasteiger partial charge is 0.322 e. The van der Waals surface area contributed by atoms with Gasteiger partial charge in [-0.2, -0.15) is 0 Å². The number of nitrogens with one attached hydrogen (secondary N) is 2. The van der Waals surface area contributed by atoms with Crippen LogP contribution >= 0.6 is 0 Å². The highest BCUT2D eigenvalue weighted by Gasteiger charge is 2.24. The number of carboxylic acid groups (broad SMARTS) is 1. The third-order valence-electron chi connectivity index (χ3n) is 3.14. The summed E-state index contributed by atoms with van der Waals surface area (Å²) in [6.07, 6.45) is 0.888. The van der Waals surface area contributed by atoms with Gasteiger partial charge in [0.25, 0.3) is 0 Å². The second kappa shape index (κ2) is 7.68. The van der Waals surface area contributed by atoms with E-state index < -0.39 is 18.4 Å².